The Morgan fingerprint density at radius 2 is 1.96 bits per heavy atom. The van der Waals surface area contributed by atoms with Gasteiger partial charge in [-0.3, -0.25) is 9.59 Å². The summed E-state index contributed by atoms with van der Waals surface area (Å²) in [4.78, 5) is 26.7. The van der Waals surface area contributed by atoms with Crippen LogP contribution >= 0.6 is 23.2 Å². The first-order valence-corrected chi connectivity index (χ1v) is 8.17. The molecular formula is C16H16Cl2N2O3. The third-order valence-corrected chi connectivity index (χ3v) is 4.98. The zero-order chi connectivity index (χ0) is 16.6. The Morgan fingerprint density at radius 1 is 1.26 bits per heavy atom. The third kappa shape index (κ3) is 3.16. The minimum Gasteiger partial charge on any atom is -0.481 e. The van der Waals surface area contributed by atoms with Gasteiger partial charge in [0.2, 0.25) is 0 Å². The molecule has 2 aromatic rings. The summed E-state index contributed by atoms with van der Waals surface area (Å²) in [6, 6.07) is 5.15. The Labute approximate surface area is 143 Å². The molecule has 3 rings (SSSR count). The number of benzene rings is 1. The fraction of sp³-hybridized carbons (Fsp3) is 0.375. The van der Waals surface area contributed by atoms with Crippen LogP contribution in [0.25, 0.3) is 10.9 Å². The summed E-state index contributed by atoms with van der Waals surface area (Å²) in [5, 5.41) is 13.5. The Kier molecular flexibility index (Phi) is 4.25. The lowest BCUT2D eigenvalue weighted by Gasteiger charge is -2.28. The van der Waals surface area contributed by atoms with Gasteiger partial charge in [-0.2, -0.15) is 0 Å². The van der Waals surface area contributed by atoms with Crippen molar-refractivity contribution in [3.63, 3.8) is 0 Å². The molecule has 0 radical (unpaired) electrons. The average Bonchev–Trinajstić information content (AvgIpc) is 3.04. The number of H-pyrrole nitrogens is 1. The molecule has 122 valence electrons. The van der Waals surface area contributed by atoms with Crippen molar-refractivity contribution in [3.8, 4) is 0 Å². The molecule has 7 heteroatoms. The molecular weight excluding hydrogens is 339 g/mol. The zero-order valence-electron chi connectivity index (χ0n) is 12.3. The minimum atomic E-state index is -0.915. The van der Waals surface area contributed by atoms with Gasteiger partial charge in [0.15, 0.2) is 0 Å². The number of nitrogens with one attached hydrogen (secondary N) is 2. The second-order valence-electron chi connectivity index (χ2n) is 6.02. The highest BCUT2D eigenvalue weighted by Crippen LogP contribution is 2.34. The SMILES string of the molecule is O=C(O)CC1(NC(=O)c2[nH]c3ccc(Cl)cc3c2Cl)CCCC1. The number of carboxylic acid groups (broad SMARTS) is 1. The van der Waals surface area contributed by atoms with Crippen LogP contribution in [0.5, 0.6) is 0 Å². The van der Waals surface area contributed by atoms with Gasteiger partial charge in [0.05, 0.1) is 17.0 Å². The van der Waals surface area contributed by atoms with Gasteiger partial charge in [0, 0.05) is 15.9 Å². The van der Waals surface area contributed by atoms with Gasteiger partial charge in [0.25, 0.3) is 5.91 Å². The number of fused-ring (bicyclic) bond motifs is 1. The molecule has 5 nitrogen and oxygen atoms in total. The molecule has 1 aliphatic rings. The van der Waals surface area contributed by atoms with Gasteiger partial charge in [-0.15, -0.1) is 0 Å². The van der Waals surface area contributed by atoms with Crippen molar-refractivity contribution in [1.29, 1.82) is 0 Å². The molecule has 1 aromatic carbocycles. The Bertz CT molecular complexity index is 779. The van der Waals surface area contributed by atoms with E-state index in [1.165, 1.54) is 0 Å². The van der Waals surface area contributed by atoms with Crippen molar-refractivity contribution in [2.45, 2.75) is 37.6 Å². The van der Waals surface area contributed by atoms with E-state index >= 15 is 0 Å². The monoisotopic (exact) mass is 354 g/mol. The molecule has 1 amide bonds. The number of rotatable bonds is 4. The Balaban J connectivity index is 1.91. The average molecular weight is 355 g/mol. The fourth-order valence-corrected chi connectivity index (χ4v) is 3.74. The van der Waals surface area contributed by atoms with Crippen LogP contribution in [0.2, 0.25) is 10.0 Å². The number of aromatic amines is 1. The smallest absolute Gasteiger partial charge is 0.305 e. The molecule has 0 unspecified atom stereocenters. The van der Waals surface area contributed by atoms with E-state index in [1.54, 1.807) is 18.2 Å². The summed E-state index contributed by atoms with van der Waals surface area (Å²) in [7, 11) is 0. The molecule has 3 N–H and O–H groups in total. The molecule has 1 heterocycles. The van der Waals surface area contributed by atoms with Crippen LogP contribution in [0.3, 0.4) is 0 Å². The van der Waals surface area contributed by atoms with Crippen LogP contribution in [0.15, 0.2) is 18.2 Å². The van der Waals surface area contributed by atoms with Crippen LogP contribution in [0, 0.1) is 0 Å². The van der Waals surface area contributed by atoms with E-state index in [2.05, 4.69) is 10.3 Å². The molecule has 0 atom stereocenters. The van der Waals surface area contributed by atoms with Crippen molar-refractivity contribution in [3.05, 3.63) is 33.9 Å². The summed E-state index contributed by atoms with van der Waals surface area (Å²) in [6.45, 7) is 0. The standard InChI is InChI=1S/C16H16Cl2N2O3/c17-9-3-4-11-10(7-9)13(18)14(19-11)15(23)20-16(8-12(21)22)5-1-2-6-16/h3-4,7,19H,1-2,5-6,8H2,(H,20,23)(H,21,22). The Morgan fingerprint density at radius 3 is 2.61 bits per heavy atom. The predicted molar refractivity (Wildman–Crippen MR) is 89.2 cm³/mol. The summed E-state index contributed by atoms with van der Waals surface area (Å²) in [5.74, 6) is -1.30. The highest BCUT2D eigenvalue weighted by atomic mass is 35.5. The zero-order valence-corrected chi connectivity index (χ0v) is 13.8. The van der Waals surface area contributed by atoms with E-state index in [4.69, 9.17) is 28.3 Å². The van der Waals surface area contributed by atoms with E-state index < -0.39 is 11.5 Å². The van der Waals surface area contributed by atoms with Crippen LogP contribution in [0.4, 0.5) is 0 Å². The van der Waals surface area contributed by atoms with E-state index in [0.717, 1.165) is 12.8 Å². The maximum absolute atomic E-state index is 12.6. The van der Waals surface area contributed by atoms with Crippen LogP contribution < -0.4 is 5.32 Å². The first-order valence-electron chi connectivity index (χ1n) is 7.41. The summed E-state index contributed by atoms with van der Waals surface area (Å²) in [6.07, 6.45) is 3.05. The lowest BCUT2D eigenvalue weighted by molar-refractivity contribution is -0.138. The number of aliphatic carboxylic acids is 1. The number of carbonyl (C=O) groups excluding carboxylic acids is 1. The largest absolute Gasteiger partial charge is 0.481 e. The third-order valence-electron chi connectivity index (χ3n) is 4.35. The van der Waals surface area contributed by atoms with E-state index in [9.17, 15) is 9.59 Å². The number of hydrogen-bond donors (Lipinski definition) is 3. The Hall–Kier alpha value is -1.72. The van der Waals surface area contributed by atoms with Crippen molar-refractivity contribution >= 4 is 46.0 Å². The maximum Gasteiger partial charge on any atom is 0.305 e. The predicted octanol–water partition coefficient (Wildman–Crippen LogP) is 3.99. The van der Waals surface area contributed by atoms with E-state index in [0.29, 0.717) is 33.8 Å². The lowest BCUT2D eigenvalue weighted by atomic mass is 9.93. The van der Waals surface area contributed by atoms with Gasteiger partial charge < -0.3 is 15.4 Å². The van der Waals surface area contributed by atoms with Gasteiger partial charge >= 0.3 is 5.97 Å². The highest BCUT2D eigenvalue weighted by molar-refractivity contribution is 6.39. The number of halogens is 2. The second kappa shape index (κ2) is 6.06. The summed E-state index contributed by atoms with van der Waals surface area (Å²) in [5.41, 5.74) is 0.255. The maximum atomic E-state index is 12.6. The normalized spacial score (nSPS) is 16.6. The highest BCUT2D eigenvalue weighted by Gasteiger charge is 2.38. The fourth-order valence-electron chi connectivity index (χ4n) is 3.28. The summed E-state index contributed by atoms with van der Waals surface area (Å²) < 4.78 is 0. The first-order chi connectivity index (χ1) is 10.9. The van der Waals surface area contributed by atoms with Gasteiger partial charge in [-0.1, -0.05) is 36.0 Å². The molecule has 1 saturated carbocycles. The van der Waals surface area contributed by atoms with Gasteiger partial charge in [-0.05, 0) is 31.0 Å². The molecule has 0 saturated heterocycles. The molecule has 23 heavy (non-hydrogen) atoms. The number of carboxylic acids is 1. The van der Waals surface area contributed by atoms with Gasteiger partial charge in [0.1, 0.15) is 5.69 Å². The summed E-state index contributed by atoms with van der Waals surface area (Å²) >= 11 is 12.3. The molecule has 0 spiro atoms. The van der Waals surface area contributed by atoms with Gasteiger partial charge in [-0.25, -0.2) is 0 Å². The van der Waals surface area contributed by atoms with Crippen LogP contribution in [0.1, 0.15) is 42.6 Å². The number of aromatic nitrogens is 1. The molecule has 0 aliphatic heterocycles. The van der Waals surface area contributed by atoms with Crippen molar-refractivity contribution < 1.29 is 14.7 Å². The van der Waals surface area contributed by atoms with Crippen molar-refractivity contribution in [1.82, 2.24) is 10.3 Å². The van der Waals surface area contributed by atoms with Crippen LogP contribution in [-0.2, 0) is 4.79 Å². The number of hydrogen-bond acceptors (Lipinski definition) is 2. The quantitative estimate of drug-likeness (QED) is 0.776. The second-order valence-corrected chi connectivity index (χ2v) is 6.83. The van der Waals surface area contributed by atoms with E-state index in [1.807, 2.05) is 0 Å². The van der Waals surface area contributed by atoms with Crippen molar-refractivity contribution in [2.75, 3.05) is 0 Å². The lowest BCUT2D eigenvalue weighted by Crippen LogP contribution is -2.48. The first kappa shape index (κ1) is 16.1. The topological polar surface area (TPSA) is 82.2 Å². The molecule has 1 aliphatic carbocycles. The van der Waals surface area contributed by atoms with Crippen LogP contribution in [-0.4, -0.2) is 27.5 Å². The minimum absolute atomic E-state index is 0.0809. The number of carbonyl (C=O) groups is 2. The van der Waals surface area contributed by atoms with Crippen molar-refractivity contribution in [2.24, 2.45) is 0 Å². The van der Waals surface area contributed by atoms with E-state index in [-0.39, 0.29) is 18.0 Å². The molecule has 1 aromatic heterocycles. The molecule has 1 fully saturated rings. The molecule has 0 bridgehead atoms. The number of amides is 1.